The molecule has 1 rings (SSSR count). The molecule has 0 aromatic carbocycles. The zero-order chi connectivity index (χ0) is 16.1. The number of aliphatic hydroxyl groups is 1. The van der Waals surface area contributed by atoms with Crippen LogP contribution in [0.1, 0.15) is 42.7 Å². The minimum absolute atomic E-state index is 0.0547. The molecule has 0 bridgehead atoms. The monoisotopic (exact) mass is 304 g/mol. The number of hydrogen-bond donors (Lipinski definition) is 2. The molecule has 0 aliphatic rings. The lowest BCUT2D eigenvalue weighted by Crippen LogP contribution is -2.34. The van der Waals surface area contributed by atoms with E-state index >= 15 is 0 Å². The van der Waals surface area contributed by atoms with Crippen molar-refractivity contribution in [3.8, 4) is 0 Å². The summed E-state index contributed by atoms with van der Waals surface area (Å²) in [6.07, 6.45) is -2.47. The summed E-state index contributed by atoms with van der Waals surface area (Å²) >= 11 is 0. The van der Waals surface area contributed by atoms with E-state index in [0.29, 0.717) is 19.2 Å². The van der Waals surface area contributed by atoms with Crippen LogP contribution in [0, 0.1) is 5.41 Å². The van der Waals surface area contributed by atoms with Crippen LogP contribution in [0.3, 0.4) is 0 Å². The number of aliphatic hydroxyl groups excluding tert-OH is 1. The van der Waals surface area contributed by atoms with Gasteiger partial charge in [-0.2, -0.15) is 13.2 Å². The average molecular weight is 304 g/mol. The Kier molecular flexibility index (Phi) is 5.71. The summed E-state index contributed by atoms with van der Waals surface area (Å²) in [5.74, 6) is -0.513. The molecule has 1 aromatic rings. The standard InChI is InChI=1S/C14H19F3N2O2/c1-13(2,6-3-7-20)9-19-12(21)11-5-4-10(8-18-11)14(15,16)17/h4-5,8,20H,3,6-7,9H2,1-2H3,(H,19,21). The fourth-order valence-corrected chi connectivity index (χ4v) is 1.75. The normalized spacial score (nSPS) is 12.3. The van der Waals surface area contributed by atoms with E-state index in [4.69, 9.17) is 5.11 Å². The fraction of sp³-hybridized carbons (Fsp3) is 0.571. The molecule has 0 fully saturated rings. The van der Waals surface area contributed by atoms with Crippen molar-refractivity contribution in [3.63, 3.8) is 0 Å². The largest absolute Gasteiger partial charge is 0.417 e. The van der Waals surface area contributed by atoms with Gasteiger partial charge in [-0.15, -0.1) is 0 Å². The highest BCUT2D eigenvalue weighted by atomic mass is 19.4. The van der Waals surface area contributed by atoms with Gasteiger partial charge in [-0.1, -0.05) is 13.8 Å². The van der Waals surface area contributed by atoms with Gasteiger partial charge >= 0.3 is 6.18 Å². The third-order valence-electron chi connectivity index (χ3n) is 3.06. The Bertz CT molecular complexity index is 470. The SMILES string of the molecule is CC(C)(CCCO)CNC(=O)c1ccc(C(F)(F)F)cn1. The van der Waals surface area contributed by atoms with Crippen molar-refractivity contribution in [2.45, 2.75) is 32.9 Å². The molecule has 0 saturated heterocycles. The average Bonchev–Trinajstić information content (AvgIpc) is 2.42. The number of rotatable bonds is 6. The predicted octanol–water partition coefficient (Wildman–Crippen LogP) is 2.63. The number of hydrogen-bond acceptors (Lipinski definition) is 3. The second kappa shape index (κ2) is 6.89. The fourth-order valence-electron chi connectivity index (χ4n) is 1.75. The van der Waals surface area contributed by atoms with Crippen LogP contribution in [0.2, 0.25) is 0 Å². The molecular formula is C14H19F3N2O2. The van der Waals surface area contributed by atoms with Gasteiger partial charge in [-0.3, -0.25) is 9.78 Å². The van der Waals surface area contributed by atoms with Crippen molar-refractivity contribution < 1.29 is 23.1 Å². The lowest BCUT2D eigenvalue weighted by molar-refractivity contribution is -0.137. The Hall–Kier alpha value is -1.63. The van der Waals surface area contributed by atoms with Crippen molar-refractivity contribution >= 4 is 5.91 Å². The number of nitrogens with zero attached hydrogens (tertiary/aromatic N) is 1. The number of nitrogens with one attached hydrogen (secondary N) is 1. The van der Waals surface area contributed by atoms with Gasteiger partial charge in [-0.25, -0.2) is 0 Å². The molecule has 0 aliphatic heterocycles. The van der Waals surface area contributed by atoms with Gasteiger partial charge in [0.25, 0.3) is 5.91 Å². The zero-order valence-electron chi connectivity index (χ0n) is 12.0. The molecule has 1 amide bonds. The van der Waals surface area contributed by atoms with E-state index in [0.717, 1.165) is 18.6 Å². The van der Waals surface area contributed by atoms with Gasteiger partial charge in [0, 0.05) is 19.3 Å². The smallest absolute Gasteiger partial charge is 0.396 e. The van der Waals surface area contributed by atoms with E-state index in [1.807, 2.05) is 13.8 Å². The van der Waals surface area contributed by atoms with Crippen LogP contribution in [0.15, 0.2) is 18.3 Å². The summed E-state index contributed by atoms with van der Waals surface area (Å²) in [6, 6.07) is 1.89. The molecule has 1 heterocycles. The minimum Gasteiger partial charge on any atom is -0.396 e. The number of carbonyl (C=O) groups is 1. The van der Waals surface area contributed by atoms with E-state index in [2.05, 4.69) is 10.3 Å². The Labute approximate surface area is 121 Å². The maximum absolute atomic E-state index is 12.4. The lowest BCUT2D eigenvalue weighted by atomic mass is 9.88. The number of aromatic nitrogens is 1. The highest BCUT2D eigenvalue weighted by Gasteiger charge is 2.31. The predicted molar refractivity (Wildman–Crippen MR) is 71.7 cm³/mol. The first-order valence-corrected chi connectivity index (χ1v) is 6.58. The second-order valence-corrected chi connectivity index (χ2v) is 5.60. The molecule has 4 nitrogen and oxygen atoms in total. The van der Waals surface area contributed by atoms with Gasteiger partial charge in [0.1, 0.15) is 5.69 Å². The molecule has 1 aromatic heterocycles. The van der Waals surface area contributed by atoms with Crippen molar-refractivity contribution in [3.05, 3.63) is 29.6 Å². The van der Waals surface area contributed by atoms with Crippen LogP contribution >= 0.6 is 0 Å². The van der Waals surface area contributed by atoms with E-state index in [1.165, 1.54) is 0 Å². The number of alkyl halides is 3. The molecule has 2 N–H and O–H groups in total. The van der Waals surface area contributed by atoms with Crippen LogP contribution in [-0.4, -0.2) is 29.1 Å². The number of pyridine rings is 1. The molecule has 21 heavy (non-hydrogen) atoms. The lowest BCUT2D eigenvalue weighted by Gasteiger charge is -2.24. The first-order chi connectivity index (χ1) is 9.65. The van der Waals surface area contributed by atoms with Crippen molar-refractivity contribution in [1.29, 1.82) is 0 Å². The van der Waals surface area contributed by atoms with E-state index in [9.17, 15) is 18.0 Å². The Balaban J connectivity index is 2.60. The first-order valence-electron chi connectivity index (χ1n) is 6.58. The van der Waals surface area contributed by atoms with Crippen LogP contribution in [0.25, 0.3) is 0 Å². The summed E-state index contributed by atoms with van der Waals surface area (Å²) in [6.45, 7) is 4.30. The Morgan fingerprint density at radius 2 is 2.00 bits per heavy atom. The van der Waals surface area contributed by atoms with Crippen molar-refractivity contribution in [2.75, 3.05) is 13.2 Å². The zero-order valence-corrected chi connectivity index (χ0v) is 12.0. The molecule has 0 spiro atoms. The quantitative estimate of drug-likeness (QED) is 0.849. The van der Waals surface area contributed by atoms with Crippen LogP contribution in [0.4, 0.5) is 13.2 Å². The molecule has 118 valence electrons. The molecule has 0 saturated carbocycles. The van der Waals surface area contributed by atoms with Gasteiger partial charge in [0.05, 0.1) is 5.56 Å². The third-order valence-corrected chi connectivity index (χ3v) is 3.06. The van der Waals surface area contributed by atoms with Gasteiger partial charge in [-0.05, 0) is 30.4 Å². The third kappa shape index (κ3) is 5.71. The second-order valence-electron chi connectivity index (χ2n) is 5.60. The summed E-state index contributed by atoms with van der Waals surface area (Å²) in [7, 11) is 0. The van der Waals surface area contributed by atoms with E-state index in [1.54, 1.807) is 0 Å². The van der Waals surface area contributed by atoms with Gasteiger partial charge < -0.3 is 10.4 Å². The highest BCUT2D eigenvalue weighted by molar-refractivity contribution is 5.92. The molecular weight excluding hydrogens is 285 g/mol. The van der Waals surface area contributed by atoms with Gasteiger partial charge in [0.15, 0.2) is 0 Å². The highest BCUT2D eigenvalue weighted by Crippen LogP contribution is 2.28. The molecule has 7 heteroatoms. The number of carbonyl (C=O) groups excluding carboxylic acids is 1. The van der Waals surface area contributed by atoms with Crippen LogP contribution in [-0.2, 0) is 6.18 Å². The Morgan fingerprint density at radius 1 is 1.33 bits per heavy atom. The van der Waals surface area contributed by atoms with Crippen LogP contribution in [0.5, 0.6) is 0 Å². The molecule has 0 radical (unpaired) electrons. The molecule has 0 unspecified atom stereocenters. The first kappa shape index (κ1) is 17.4. The summed E-state index contributed by atoms with van der Waals surface area (Å²) in [5.41, 5.74) is -1.15. The van der Waals surface area contributed by atoms with Crippen LogP contribution < -0.4 is 5.32 Å². The number of amides is 1. The minimum atomic E-state index is -4.46. The van der Waals surface area contributed by atoms with E-state index < -0.39 is 17.6 Å². The number of halogens is 3. The maximum atomic E-state index is 12.4. The summed E-state index contributed by atoms with van der Waals surface area (Å²) in [4.78, 5) is 15.4. The summed E-state index contributed by atoms with van der Waals surface area (Å²) in [5, 5.41) is 11.4. The topological polar surface area (TPSA) is 62.2 Å². The van der Waals surface area contributed by atoms with Crippen molar-refractivity contribution in [1.82, 2.24) is 10.3 Å². The summed E-state index contributed by atoms with van der Waals surface area (Å²) < 4.78 is 37.1. The maximum Gasteiger partial charge on any atom is 0.417 e. The van der Waals surface area contributed by atoms with Gasteiger partial charge in [0.2, 0.25) is 0 Å². The molecule has 0 aliphatic carbocycles. The van der Waals surface area contributed by atoms with Crippen molar-refractivity contribution in [2.24, 2.45) is 5.41 Å². The van der Waals surface area contributed by atoms with E-state index in [-0.39, 0.29) is 17.7 Å². The molecule has 0 atom stereocenters. The Morgan fingerprint density at radius 3 is 2.48 bits per heavy atom.